The SMILES string of the molecule is CCCCCCCCCCCCCCCC[Si]N. The van der Waals surface area contributed by atoms with Crippen LogP contribution < -0.4 is 5.40 Å². The van der Waals surface area contributed by atoms with Crippen molar-refractivity contribution in [3.8, 4) is 0 Å². The molecular weight excluding hydrogens is 234 g/mol. The van der Waals surface area contributed by atoms with Gasteiger partial charge < -0.3 is 5.40 Å². The molecule has 0 aliphatic carbocycles. The summed E-state index contributed by atoms with van der Waals surface area (Å²) < 4.78 is 0. The molecule has 2 radical (unpaired) electrons. The van der Waals surface area contributed by atoms with Crippen molar-refractivity contribution in [3.05, 3.63) is 0 Å². The second-order valence-corrected chi connectivity index (χ2v) is 6.46. The molecule has 0 bridgehead atoms. The van der Waals surface area contributed by atoms with E-state index in [-0.39, 0.29) is 0 Å². The molecule has 0 heterocycles. The molecule has 0 saturated carbocycles. The first-order valence-electron chi connectivity index (χ1n) is 8.35. The van der Waals surface area contributed by atoms with Crippen LogP contribution in [0.3, 0.4) is 0 Å². The van der Waals surface area contributed by atoms with Crippen LogP contribution in [0.2, 0.25) is 6.04 Å². The van der Waals surface area contributed by atoms with Gasteiger partial charge in [-0.05, 0) is 6.04 Å². The third kappa shape index (κ3) is 16.2. The maximum Gasteiger partial charge on any atom is 0.135 e. The smallest absolute Gasteiger partial charge is 0.135 e. The van der Waals surface area contributed by atoms with Gasteiger partial charge in [0.25, 0.3) is 0 Å². The first-order chi connectivity index (χ1) is 8.91. The molecular formula is C16H35NSi. The molecule has 0 unspecified atom stereocenters. The minimum absolute atomic E-state index is 0.669. The van der Waals surface area contributed by atoms with E-state index in [1.54, 1.807) is 0 Å². The zero-order chi connectivity index (χ0) is 13.3. The van der Waals surface area contributed by atoms with E-state index in [9.17, 15) is 0 Å². The Morgan fingerprint density at radius 2 is 0.889 bits per heavy atom. The summed E-state index contributed by atoms with van der Waals surface area (Å²) in [5.41, 5.74) is 0. The van der Waals surface area contributed by atoms with E-state index in [2.05, 4.69) is 6.92 Å². The van der Waals surface area contributed by atoms with Crippen molar-refractivity contribution in [3.63, 3.8) is 0 Å². The Labute approximate surface area is 118 Å². The van der Waals surface area contributed by atoms with Crippen molar-refractivity contribution in [1.29, 1.82) is 0 Å². The van der Waals surface area contributed by atoms with Gasteiger partial charge in [-0.1, -0.05) is 96.8 Å². The van der Waals surface area contributed by atoms with Gasteiger partial charge in [0.05, 0.1) is 0 Å². The Balaban J connectivity index is 2.86. The zero-order valence-electron chi connectivity index (χ0n) is 12.7. The maximum absolute atomic E-state index is 5.50. The summed E-state index contributed by atoms with van der Waals surface area (Å²) in [5, 5.41) is 5.50. The van der Waals surface area contributed by atoms with Crippen LogP contribution in [0.15, 0.2) is 0 Å². The number of hydrogen-bond acceptors (Lipinski definition) is 1. The second kappa shape index (κ2) is 17.2. The van der Waals surface area contributed by atoms with Crippen molar-refractivity contribution in [2.75, 3.05) is 0 Å². The summed E-state index contributed by atoms with van der Waals surface area (Å²) in [5.74, 6) is 0. The molecule has 0 atom stereocenters. The zero-order valence-corrected chi connectivity index (χ0v) is 13.7. The lowest BCUT2D eigenvalue weighted by Gasteiger charge is -2.02. The predicted molar refractivity (Wildman–Crippen MR) is 85.1 cm³/mol. The molecule has 2 N–H and O–H groups in total. The molecule has 0 aromatic rings. The van der Waals surface area contributed by atoms with Gasteiger partial charge in [-0.3, -0.25) is 0 Å². The number of unbranched alkanes of at least 4 members (excludes halogenated alkanes) is 13. The highest BCUT2D eigenvalue weighted by Crippen LogP contribution is 2.13. The Hall–Kier alpha value is 0.177. The molecule has 0 rings (SSSR count). The topological polar surface area (TPSA) is 26.0 Å². The van der Waals surface area contributed by atoms with E-state index in [1.165, 1.54) is 95.9 Å². The normalized spacial score (nSPS) is 11.0. The molecule has 0 amide bonds. The third-order valence-corrected chi connectivity index (χ3v) is 4.32. The summed E-state index contributed by atoms with van der Waals surface area (Å²) in [7, 11) is 0.669. The Morgan fingerprint density at radius 1 is 0.556 bits per heavy atom. The molecule has 18 heavy (non-hydrogen) atoms. The van der Waals surface area contributed by atoms with Gasteiger partial charge >= 0.3 is 0 Å². The molecule has 0 saturated heterocycles. The fourth-order valence-electron chi connectivity index (χ4n) is 2.42. The van der Waals surface area contributed by atoms with Crippen LogP contribution in [0.1, 0.15) is 96.8 Å². The van der Waals surface area contributed by atoms with Crippen molar-refractivity contribution in [1.82, 2.24) is 0 Å². The van der Waals surface area contributed by atoms with Gasteiger partial charge in [0.15, 0.2) is 0 Å². The van der Waals surface area contributed by atoms with Gasteiger partial charge in [-0.15, -0.1) is 0 Å². The molecule has 0 aliphatic rings. The number of hydrogen-bond donors (Lipinski definition) is 1. The quantitative estimate of drug-likeness (QED) is 0.310. The minimum atomic E-state index is 0.669. The fourth-order valence-corrected chi connectivity index (χ4v) is 2.88. The molecule has 2 heteroatoms. The van der Waals surface area contributed by atoms with E-state index in [0.717, 1.165) is 0 Å². The molecule has 0 aromatic heterocycles. The van der Waals surface area contributed by atoms with Crippen LogP contribution in [-0.4, -0.2) is 9.68 Å². The summed E-state index contributed by atoms with van der Waals surface area (Å²) in [4.78, 5) is 0. The largest absolute Gasteiger partial charge is 0.353 e. The summed E-state index contributed by atoms with van der Waals surface area (Å²) in [6.45, 7) is 2.29. The van der Waals surface area contributed by atoms with Crippen molar-refractivity contribution in [2.45, 2.75) is 103 Å². The first-order valence-corrected chi connectivity index (χ1v) is 9.63. The van der Waals surface area contributed by atoms with Gasteiger partial charge in [-0.25, -0.2) is 0 Å². The molecule has 1 nitrogen and oxygen atoms in total. The van der Waals surface area contributed by atoms with E-state index in [0.29, 0.717) is 9.68 Å². The highest BCUT2D eigenvalue weighted by Gasteiger charge is 1.93. The van der Waals surface area contributed by atoms with Gasteiger partial charge in [0.2, 0.25) is 0 Å². The van der Waals surface area contributed by atoms with Crippen LogP contribution in [0.25, 0.3) is 0 Å². The maximum atomic E-state index is 5.50. The van der Waals surface area contributed by atoms with Crippen LogP contribution in [-0.2, 0) is 0 Å². The van der Waals surface area contributed by atoms with Crippen molar-refractivity contribution in [2.24, 2.45) is 5.40 Å². The first kappa shape index (κ1) is 18.2. The standard InChI is InChI=1S/C16H35NSi/c1-2-3-4-5-6-7-8-9-10-11-12-13-14-15-16-18-17/h2-17H2,1H3. The van der Waals surface area contributed by atoms with Crippen LogP contribution in [0.5, 0.6) is 0 Å². The van der Waals surface area contributed by atoms with Gasteiger partial charge in [0.1, 0.15) is 9.68 Å². The second-order valence-electron chi connectivity index (χ2n) is 5.55. The molecule has 0 fully saturated rings. The van der Waals surface area contributed by atoms with Crippen LogP contribution >= 0.6 is 0 Å². The van der Waals surface area contributed by atoms with Crippen molar-refractivity contribution >= 4 is 9.68 Å². The molecule has 0 aliphatic heterocycles. The van der Waals surface area contributed by atoms with Crippen LogP contribution in [0.4, 0.5) is 0 Å². The summed E-state index contributed by atoms with van der Waals surface area (Å²) in [6, 6.07) is 1.25. The average molecular weight is 270 g/mol. The van der Waals surface area contributed by atoms with Gasteiger partial charge in [-0.2, -0.15) is 0 Å². The predicted octanol–water partition coefficient (Wildman–Crippen LogP) is 5.46. The van der Waals surface area contributed by atoms with E-state index in [1.807, 2.05) is 0 Å². The highest BCUT2D eigenvalue weighted by atomic mass is 28.2. The monoisotopic (exact) mass is 269 g/mol. The third-order valence-electron chi connectivity index (χ3n) is 3.67. The lowest BCUT2D eigenvalue weighted by atomic mass is 10.0. The van der Waals surface area contributed by atoms with Gasteiger partial charge in [0, 0.05) is 0 Å². The van der Waals surface area contributed by atoms with E-state index < -0.39 is 0 Å². The van der Waals surface area contributed by atoms with E-state index in [4.69, 9.17) is 5.40 Å². The van der Waals surface area contributed by atoms with Crippen LogP contribution in [0, 0.1) is 0 Å². The highest BCUT2D eigenvalue weighted by molar-refractivity contribution is 6.30. The average Bonchev–Trinajstić information content (AvgIpc) is 2.39. The summed E-state index contributed by atoms with van der Waals surface area (Å²) >= 11 is 0. The summed E-state index contributed by atoms with van der Waals surface area (Å²) in [6.07, 6.45) is 20.2. The molecule has 108 valence electrons. The lowest BCUT2D eigenvalue weighted by Crippen LogP contribution is -2.02. The van der Waals surface area contributed by atoms with Crippen molar-refractivity contribution < 1.29 is 0 Å². The Morgan fingerprint density at radius 3 is 1.22 bits per heavy atom. The Bertz CT molecular complexity index is 123. The Kier molecular flexibility index (Phi) is 17.3. The fraction of sp³-hybridized carbons (Fsp3) is 1.00. The molecule has 0 aromatic carbocycles. The molecule has 0 spiro atoms. The minimum Gasteiger partial charge on any atom is -0.353 e. The lowest BCUT2D eigenvalue weighted by molar-refractivity contribution is 0.538. The van der Waals surface area contributed by atoms with E-state index >= 15 is 0 Å². The number of rotatable bonds is 15. The number of nitrogens with two attached hydrogens (primary N) is 1.